The summed E-state index contributed by atoms with van der Waals surface area (Å²) in [5, 5.41) is 0. The Morgan fingerprint density at radius 3 is 2.73 bits per heavy atom. The van der Waals surface area contributed by atoms with Crippen molar-refractivity contribution in [2.24, 2.45) is 0 Å². The van der Waals surface area contributed by atoms with Crippen LogP contribution in [0.2, 0.25) is 0 Å². The lowest BCUT2D eigenvalue weighted by molar-refractivity contribution is 0.0161. The zero-order valence-electron chi connectivity index (χ0n) is 9.55. The topological polar surface area (TPSA) is 41.6 Å². The highest BCUT2D eigenvalue weighted by Crippen LogP contribution is 2.15. The van der Waals surface area contributed by atoms with E-state index < -0.39 is 5.60 Å². The van der Waals surface area contributed by atoms with Crippen LogP contribution >= 0.6 is 0 Å². The Balaban J connectivity index is 2.45. The van der Waals surface area contributed by atoms with E-state index in [9.17, 15) is 9.28 Å². The second-order valence-electron chi connectivity index (χ2n) is 4.87. The molecule has 1 amide bonds. The van der Waals surface area contributed by atoms with Crippen LogP contribution in [0.25, 0.3) is 0 Å². The third-order valence-electron chi connectivity index (χ3n) is 2.23. The zero-order chi connectivity index (χ0) is 11.5. The molecule has 1 heterocycles. The average Bonchev–Trinajstić information content (AvgIpc) is 2.15. The smallest absolute Gasteiger partial charge is 0.410 e. The highest BCUT2D eigenvalue weighted by atomic mass is 19.2. The number of amides is 1. The van der Waals surface area contributed by atoms with Gasteiger partial charge in [0, 0.05) is 13.1 Å². The van der Waals surface area contributed by atoms with Crippen LogP contribution in [-0.2, 0) is 4.74 Å². The minimum Gasteiger partial charge on any atom is -0.444 e. The van der Waals surface area contributed by atoms with Crippen LogP contribution in [0.3, 0.4) is 0 Å². The van der Waals surface area contributed by atoms with E-state index in [0.29, 0.717) is 13.1 Å². The predicted molar refractivity (Wildman–Crippen MR) is 55.1 cm³/mol. The quantitative estimate of drug-likeness (QED) is 0.683. The fourth-order valence-corrected chi connectivity index (χ4v) is 1.56. The minimum atomic E-state index is -0.493. The molecule has 0 aliphatic carbocycles. The van der Waals surface area contributed by atoms with Crippen molar-refractivity contribution in [2.75, 3.05) is 13.1 Å². The largest absolute Gasteiger partial charge is 0.444 e. The van der Waals surface area contributed by atoms with Crippen LogP contribution in [0.1, 0.15) is 33.6 Å². The van der Waals surface area contributed by atoms with Crippen LogP contribution in [-0.4, -0.2) is 35.7 Å². The second-order valence-corrected chi connectivity index (χ2v) is 4.87. The summed E-state index contributed by atoms with van der Waals surface area (Å²) in [5.74, 6) is 0. The van der Waals surface area contributed by atoms with Gasteiger partial charge in [-0.3, -0.25) is 0 Å². The SMILES string of the molecule is CC(C)(C)OC(=O)N1CCC[C@@H](NF)C1. The lowest BCUT2D eigenvalue weighted by Gasteiger charge is -2.33. The second kappa shape index (κ2) is 4.79. The predicted octanol–water partition coefficient (Wildman–Crippen LogP) is 1.86. The Morgan fingerprint density at radius 2 is 2.20 bits per heavy atom. The fourth-order valence-electron chi connectivity index (χ4n) is 1.56. The van der Waals surface area contributed by atoms with E-state index in [0.717, 1.165) is 12.8 Å². The molecule has 1 N–H and O–H groups in total. The third kappa shape index (κ3) is 4.03. The van der Waals surface area contributed by atoms with Crippen molar-refractivity contribution in [3.8, 4) is 0 Å². The van der Waals surface area contributed by atoms with E-state index in [4.69, 9.17) is 4.74 Å². The molecule has 1 aliphatic heterocycles. The van der Waals surface area contributed by atoms with E-state index >= 15 is 0 Å². The number of nitrogens with one attached hydrogen (secondary N) is 1. The minimum absolute atomic E-state index is 0.258. The molecule has 0 spiro atoms. The summed E-state index contributed by atoms with van der Waals surface area (Å²) in [6.45, 7) is 6.48. The number of nitrogens with zero attached hydrogens (tertiary/aromatic N) is 1. The summed E-state index contributed by atoms with van der Waals surface area (Å²) in [7, 11) is 0. The molecule has 88 valence electrons. The Bertz CT molecular complexity index is 228. The molecule has 0 bridgehead atoms. The highest BCUT2D eigenvalue weighted by molar-refractivity contribution is 5.68. The van der Waals surface area contributed by atoms with Gasteiger partial charge >= 0.3 is 6.09 Å². The Kier molecular flexibility index (Phi) is 3.90. The first-order valence-electron chi connectivity index (χ1n) is 5.26. The molecule has 5 heteroatoms. The van der Waals surface area contributed by atoms with Crippen LogP contribution in [0.15, 0.2) is 0 Å². The van der Waals surface area contributed by atoms with Crippen molar-refractivity contribution >= 4 is 6.09 Å². The van der Waals surface area contributed by atoms with E-state index in [1.807, 2.05) is 20.8 Å². The number of hydrogen-bond acceptors (Lipinski definition) is 3. The molecule has 0 unspecified atom stereocenters. The van der Waals surface area contributed by atoms with Gasteiger partial charge in [0.15, 0.2) is 0 Å². The summed E-state index contributed by atoms with van der Waals surface area (Å²) in [5.41, 5.74) is 1.21. The van der Waals surface area contributed by atoms with E-state index in [1.54, 1.807) is 10.4 Å². The normalized spacial score (nSPS) is 22.7. The van der Waals surface area contributed by atoms with E-state index in [2.05, 4.69) is 0 Å². The summed E-state index contributed by atoms with van der Waals surface area (Å²) in [4.78, 5) is 13.2. The third-order valence-corrected chi connectivity index (χ3v) is 2.23. The van der Waals surface area contributed by atoms with Gasteiger partial charge < -0.3 is 9.64 Å². The molecule has 0 aromatic rings. The Morgan fingerprint density at radius 1 is 1.53 bits per heavy atom. The van der Waals surface area contributed by atoms with Crippen LogP contribution in [0, 0.1) is 0 Å². The number of ether oxygens (including phenoxy) is 1. The fraction of sp³-hybridized carbons (Fsp3) is 0.900. The number of hydrogen-bond donors (Lipinski definition) is 1. The number of carbonyl (C=O) groups is 1. The van der Waals surface area contributed by atoms with Gasteiger partial charge in [-0.1, -0.05) is 0 Å². The van der Waals surface area contributed by atoms with E-state index in [-0.39, 0.29) is 12.1 Å². The van der Waals surface area contributed by atoms with Gasteiger partial charge in [0.05, 0.1) is 6.04 Å². The summed E-state index contributed by atoms with van der Waals surface area (Å²) in [6, 6.07) is -0.258. The maximum absolute atomic E-state index is 12.2. The molecular weight excluding hydrogens is 199 g/mol. The van der Waals surface area contributed by atoms with Gasteiger partial charge in [-0.05, 0) is 33.6 Å². The summed E-state index contributed by atoms with van der Waals surface area (Å²) in [6.07, 6.45) is 1.21. The first kappa shape index (κ1) is 12.2. The number of rotatable bonds is 1. The van der Waals surface area contributed by atoms with Gasteiger partial charge in [-0.2, -0.15) is 5.54 Å². The Hall–Kier alpha value is -0.840. The molecular formula is C10H19FN2O2. The lowest BCUT2D eigenvalue weighted by atomic mass is 10.1. The van der Waals surface area contributed by atoms with Crippen LogP contribution < -0.4 is 5.54 Å². The number of halogens is 1. The molecule has 0 radical (unpaired) electrons. The molecule has 0 aromatic heterocycles. The van der Waals surface area contributed by atoms with E-state index in [1.165, 1.54) is 0 Å². The molecule has 0 aromatic carbocycles. The molecule has 15 heavy (non-hydrogen) atoms. The number of carbonyl (C=O) groups excluding carboxylic acids is 1. The molecule has 1 fully saturated rings. The van der Waals surface area contributed by atoms with Gasteiger partial charge in [-0.25, -0.2) is 4.79 Å². The molecule has 1 saturated heterocycles. The van der Waals surface area contributed by atoms with Crippen LogP contribution in [0.5, 0.6) is 0 Å². The van der Waals surface area contributed by atoms with Crippen molar-refractivity contribution in [1.29, 1.82) is 0 Å². The van der Waals surface area contributed by atoms with Crippen molar-refractivity contribution in [2.45, 2.75) is 45.3 Å². The zero-order valence-corrected chi connectivity index (χ0v) is 9.55. The molecule has 1 atom stereocenters. The Labute approximate surface area is 89.7 Å². The van der Waals surface area contributed by atoms with Gasteiger partial charge in [0.25, 0.3) is 0 Å². The van der Waals surface area contributed by atoms with Crippen molar-refractivity contribution < 1.29 is 14.0 Å². The summed E-state index contributed by atoms with van der Waals surface area (Å²) >= 11 is 0. The summed E-state index contributed by atoms with van der Waals surface area (Å²) < 4.78 is 17.4. The molecule has 4 nitrogen and oxygen atoms in total. The molecule has 1 rings (SSSR count). The van der Waals surface area contributed by atoms with Crippen molar-refractivity contribution in [3.05, 3.63) is 0 Å². The standard InChI is InChI=1S/C10H19FN2O2/c1-10(2,3)15-9(14)13-6-4-5-8(7-13)12-11/h8,12H,4-7H2,1-3H3/t8-/m1/s1. The maximum Gasteiger partial charge on any atom is 0.410 e. The lowest BCUT2D eigenvalue weighted by Crippen LogP contribution is -2.47. The molecule has 1 aliphatic rings. The van der Waals surface area contributed by atoms with Crippen LogP contribution in [0.4, 0.5) is 9.28 Å². The number of piperidine rings is 1. The highest BCUT2D eigenvalue weighted by Gasteiger charge is 2.27. The van der Waals surface area contributed by atoms with Gasteiger partial charge in [0.1, 0.15) is 5.60 Å². The maximum atomic E-state index is 12.2. The monoisotopic (exact) mass is 218 g/mol. The van der Waals surface area contributed by atoms with Gasteiger partial charge in [0.2, 0.25) is 0 Å². The number of likely N-dealkylation sites (tertiary alicyclic amines) is 1. The average molecular weight is 218 g/mol. The van der Waals surface area contributed by atoms with Gasteiger partial charge in [-0.15, -0.1) is 4.48 Å². The molecule has 0 saturated carbocycles. The first-order chi connectivity index (χ1) is 6.92. The van der Waals surface area contributed by atoms with Crippen molar-refractivity contribution in [3.63, 3.8) is 0 Å². The van der Waals surface area contributed by atoms with Crippen molar-refractivity contribution in [1.82, 2.24) is 10.4 Å². The first-order valence-corrected chi connectivity index (χ1v) is 5.26.